The minimum absolute atomic E-state index is 0.00880. The predicted octanol–water partition coefficient (Wildman–Crippen LogP) is 2.19. The molecule has 3 amide bonds. The summed E-state index contributed by atoms with van der Waals surface area (Å²) in [5.41, 5.74) is 8.64. The van der Waals surface area contributed by atoms with Gasteiger partial charge >= 0.3 is 6.09 Å². The molecular formula is C26H26N4O5. The van der Waals surface area contributed by atoms with E-state index in [-0.39, 0.29) is 19.0 Å². The first kappa shape index (κ1) is 25.1. The van der Waals surface area contributed by atoms with Crippen LogP contribution >= 0.6 is 0 Å². The molecule has 9 heteroatoms. The van der Waals surface area contributed by atoms with E-state index in [0.717, 1.165) is 11.1 Å². The van der Waals surface area contributed by atoms with Gasteiger partial charge in [-0.25, -0.2) is 4.79 Å². The van der Waals surface area contributed by atoms with E-state index in [1.807, 2.05) is 30.3 Å². The van der Waals surface area contributed by atoms with Crippen molar-refractivity contribution in [2.75, 3.05) is 6.61 Å². The van der Waals surface area contributed by atoms with E-state index in [0.29, 0.717) is 11.1 Å². The number of nitrogens with two attached hydrogens (primary N) is 1. The SMILES string of the molecule is NC(=NC(=O)OCc1ccccc1)c1ccc(CNC(=O)[C@H](NC(=O)CO)c2ccccc2)cc1. The molecule has 5 N–H and O–H groups in total. The summed E-state index contributed by atoms with van der Waals surface area (Å²) in [5.74, 6) is -1.07. The van der Waals surface area contributed by atoms with Crippen molar-refractivity contribution >= 4 is 23.7 Å². The number of hydrogen-bond donors (Lipinski definition) is 4. The lowest BCUT2D eigenvalue weighted by Gasteiger charge is -2.18. The first-order valence-electron chi connectivity index (χ1n) is 10.8. The van der Waals surface area contributed by atoms with Gasteiger partial charge in [0.2, 0.25) is 11.8 Å². The van der Waals surface area contributed by atoms with Gasteiger partial charge in [-0.2, -0.15) is 4.99 Å². The Morgan fingerprint density at radius 1 is 0.886 bits per heavy atom. The molecule has 3 aromatic rings. The van der Waals surface area contributed by atoms with E-state index >= 15 is 0 Å². The van der Waals surface area contributed by atoms with Crippen molar-refractivity contribution in [2.45, 2.75) is 19.2 Å². The Bertz CT molecular complexity index is 1170. The van der Waals surface area contributed by atoms with Crippen molar-refractivity contribution in [3.8, 4) is 0 Å². The highest BCUT2D eigenvalue weighted by Gasteiger charge is 2.22. The molecule has 0 spiro atoms. The molecule has 180 valence electrons. The lowest BCUT2D eigenvalue weighted by Crippen LogP contribution is -2.41. The number of benzene rings is 3. The van der Waals surface area contributed by atoms with Crippen molar-refractivity contribution in [1.82, 2.24) is 10.6 Å². The minimum Gasteiger partial charge on any atom is -0.443 e. The number of hydrogen-bond acceptors (Lipinski definition) is 5. The van der Waals surface area contributed by atoms with Gasteiger partial charge in [0.15, 0.2) is 0 Å². The summed E-state index contributed by atoms with van der Waals surface area (Å²) < 4.78 is 5.10. The highest BCUT2D eigenvalue weighted by molar-refractivity contribution is 6.02. The number of amides is 3. The maximum atomic E-state index is 12.7. The number of aliphatic hydroxyl groups is 1. The van der Waals surface area contributed by atoms with Crippen LogP contribution in [0.15, 0.2) is 89.9 Å². The number of amidine groups is 1. The van der Waals surface area contributed by atoms with Crippen LogP contribution in [0, 0.1) is 0 Å². The van der Waals surface area contributed by atoms with E-state index in [9.17, 15) is 14.4 Å². The van der Waals surface area contributed by atoms with E-state index in [1.54, 1.807) is 54.6 Å². The fraction of sp³-hybridized carbons (Fsp3) is 0.154. The van der Waals surface area contributed by atoms with Gasteiger partial charge in [-0.05, 0) is 16.7 Å². The summed E-state index contributed by atoms with van der Waals surface area (Å²) >= 11 is 0. The van der Waals surface area contributed by atoms with Crippen LogP contribution in [0.4, 0.5) is 4.79 Å². The molecular weight excluding hydrogens is 448 g/mol. The normalized spacial score (nSPS) is 11.9. The molecule has 0 aliphatic heterocycles. The van der Waals surface area contributed by atoms with Gasteiger partial charge in [0, 0.05) is 12.1 Å². The Hall–Kier alpha value is -4.50. The Labute approximate surface area is 202 Å². The van der Waals surface area contributed by atoms with Gasteiger partial charge in [-0.3, -0.25) is 9.59 Å². The fourth-order valence-corrected chi connectivity index (χ4v) is 3.15. The molecule has 9 nitrogen and oxygen atoms in total. The largest absolute Gasteiger partial charge is 0.443 e. The van der Waals surface area contributed by atoms with Crippen LogP contribution in [0.5, 0.6) is 0 Å². The van der Waals surface area contributed by atoms with Gasteiger partial charge < -0.3 is 26.2 Å². The van der Waals surface area contributed by atoms with Crippen LogP contribution in [0.2, 0.25) is 0 Å². The number of nitrogens with one attached hydrogen (secondary N) is 2. The van der Waals surface area contributed by atoms with Gasteiger partial charge in [-0.15, -0.1) is 0 Å². The van der Waals surface area contributed by atoms with Gasteiger partial charge in [0.1, 0.15) is 25.1 Å². The molecule has 0 fully saturated rings. The molecule has 0 unspecified atom stereocenters. The quantitative estimate of drug-likeness (QED) is 0.277. The van der Waals surface area contributed by atoms with Crippen LogP contribution in [-0.4, -0.2) is 35.5 Å². The molecule has 0 aliphatic carbocycles. The average Bonchev–Trinajstić information content (AvgIpc) is 2.90. The standard InChI is InChI=1S/C26H26N4O5/c27-24(30-26(34)35-17-19-7-3-1-4-8-19)21-13-11-18(12-14-21)15-28-25(33)23(29-22(32)16-31)20-9-5-2-6-10-20/h1-14,23,31H,15-17H2,(H,28,33)(H,29,32)(H2,27,30,34)/t23-/m1/s1. The molecule has 0 bridgehead atoms. The smallest absolute Gasteiger partial charge is 0.435 e. The zero-order valence-electron chi connectivity index (χ0n) is 18.9. The highest BCUT2D eigenvalue weighted by Crippen LogP contribution is 2.13. The molecule has 0 saturated carbocycles. The van der Waals surface area contributed by atoms with Crippen LogP contribution in [0.1, 0.15) is 28.3 Å². The number of aliphatic imine (C=N–C) groups is 1. The average molecular weight is 475 g/mol. The second-order valence-corrected chi connectivity index (χ2v) is 7.52. The number of aliphatic hydroxyl groups excluding tert-OH is 1. The molecule has 35 heavy (non-hydrogen) atoms. The molecule has 0 saturated heterocycles. The number of rotatable bonds is 9. The van der Waals surface area contributed by atoms with Crippen LogP contribution in [0.25, 0.3) is 0 Å². The van der Waals surface area contributed by atoms with E-state index in [4.69, 9.17) is 15.6 Å². The summed E-state index contributed by atoms with van der Waals surface area (Å²) in [5, 5.41) is 14.3. The monoisotopic (exact) mass is 474 g/mol. The number of nitrogens with zero attached hydrogens (tertiary/aromatic N) is 1. The Morgan fingerprint density at radius 3 is 2.14 bits per heavy atom. The number of ether oxygens (including phenoxy) is 1. The van der Waals surface area contributed by atoms with Crippen molar-refractivity contribution in [3.63, 3.8) is 0 Å². The fourth-order valence-electron chi connectivity index (χ4n) is 3.15. The third-order valence-electron chi connectivity index (χ3n) is 4.98. The molecule has 0 radical (unpaired) electrons. The van der Waals surface area contributed by atoms with Crippen LogP contribution in [0.3, 0.4) is 0 Å². The predicted molar refractivity (Wildman–Crippen MR) is 130 cm³/mol. The van der Waals surface area contributed by atoms with Crippen molar-refractivity contribution in [1.29, 1.82) is 0 Å². The van der Waals surface area contributed by atoms with Gasteiger partial charge in [0.05, 0.1) is 0 Å². The van der Waals surface area contributed by atoms with E-state index in [2.05, 4.69) is 15.6 Å². The molecule has 0 aliphatic rings. The van der Waals surface area contributed by atoms with Crippen molar-refractivity contribution < 1.29 is 24.2 Å². The van der Waals surface area contributed by atoms with E-state index < -0.39 is 30.6 Å². The molecule has 1 atom stereocenters. The minimum atomic E-state index is -0.945. The summed E-state index contributed by atoms with van der Waals surface area (Å²) in [6.45, 7) is -0.438. The summed E-state index contributed by atoms with van der Waals surface area (Å²) in [4.78, 5) is 40.1. The first-order chi connectivity index (χ1) is 17.0. The summed E-state index contributed by atoms with van der Waals surface area (Å²) in [6, 6.07) is 23.8. The zero-order valence-corrected chi connectivity index (χ0v) is 18.9. The zero-order chi connectivity index (χ0) is 25.0. The Kier molecular flexibility index (Phi) is 9.09. The first-order valence-corrected chi connectivity index (χ1v) is 10.8. The molecule has 3 aromatic carbocycles. The summed E-state index contributed by atoms with van der Waals surface area (Å²) in [7, 11) is 0. The second-order valence-electron chi connectivity index (χ2n) is 7.52. The number of carbonyl (C=O) groups excluding carboxylic acids is 3. The van der Waals surface area contributed by atoms with Gasteiger partial charge in [0.25, 0.3) is 0 Å². The van der Waals surface area contributed by atoms with Crippen LogP contribution in [-0.2, 0) is 27.5 Å². The maximum Gasteiger partial charge on any atom is 0.435 e. The van der Waals surface area contributed by atoms with Crippen LogP contribution < -0.4 is 16.4 Å². The third-order valence-corrected chi connectivity index (χ3v) is 4.98. The molecule has 0 aromatic heterocycles. The third kappa shape index (κ3) is 7.79. The Morgan fingerprint density at radius 2 is 1.51 bits per heavy atom. The van der Waals surface area contributed by atoms with Crippen molar-refractivity contribution in [2.24, 2.45) is 10.7 Å². The maximum absolute atomic E-state index is 12.7. The lowest BCUT2D eigenvalue weighted by atomic mass is 10.1. The van der Waals surface area contributed by atoms with Crippen molar-refractivity contribution in [3.05, 3.63) is 107 Å². The lowest BCUT2D eigenvalue weighted by molar-refractivity contribution is -0.130. The molecule has 3 rings (SSSR count). The molecule has 0 heterocycles. The topological polar surface area (TPSA) is 143 Å². The van der Waals surface area contributed by atoms with E-state index in [1.165, 1.54) is 0 Å². The highest BCUT2D eigenvalue weighted by atomic mass is 16.5. The van der Waals surface area contributed by atoms with Gasteiger partial charge in [-0.1, -0.05) is 84.9 Å². The Balaban J connectivity index is 1.56. The number of carbonyl (C=O) groups is 3. The summed E-state index contributed by atoms with van der Waals surface area (Å²) in [6.07, 6.45) is -0.792. The second kappa shape index (κ2) is 12.7.